The number of rotatable bonds is 5. The highest BCUT2D eigenvalue weighted by Crippen LogP contribution is 2.42. The van der Waals surface area contributed by atoms with E-state index in [-0.39, 0.29) is 27.0 Å². The Balaban J connectivity index is 3.43. The summed E-state index contributed by atoms with van der Waals surface area (Å²) in [5, 5.41) is 0.342. The number of esters is 1. The molecule has 1 rings (SSSR count). The molecule has 0 unspecified atom stereocenters. The standard InChI is InChI=1S/C12H13Cl2NO4/c1-4-19-6-15-10-7(12(16)18-3)5-8(13)9(14)11(10)17-2/h5-6H,4H2,1-3H3. The summed E-state index contributed by atoms with van der Waals surface area (Å²) in [6.45, 7) is 2.25. The highest BCUT2D eigenvalue weighted by Gasteiger charge is 2.21. The summed E-state index contributed by atoms with van der Waals surface area (Å²) in [7, 11) is 2.66. The van der Waals surface area contributed by atoms with Crippen LogP contribution in [0.4, 0.5) is 5.69 Å². The number of methoxy groups -OCH3 is 2. The molecule has 19 heavy (non-hydrogen) atoms. The average molecular weight is 306 g/mol. The van der Waals surface area contributed by atoms with Gasteiger partial charge in [0.25, 0.3) is 0 Å². The number of nitrogens with zero attached hydrogens (tertiary/aromatic N) is 1. The molecular weight excluding hydrogens is 293 g/mol. The SMILES string of the molecule is CCOC=Nc1c(C(=O)OC)cc(Cl)c(Cl)c1OC. The topological polar surface area (TPSA) is 57.1 Å². The lowest BCUT2D eigenvalue weighted by Crippen LogP contribution is -2.03. The first-order valence-electron chi connectivity index (χ1n) is 5.35. The fraction of sp³-hybridized carbons (Fsp3) is 0.333. The molecule has 0 atom stereocenters. The lowest BCUT2D eigenvalue weighted by atomic mass is 10.1. The Morgan fingerprint density at radius 2 is 2.11 bits per heavy atom. The van der Waals surface area contributed by atoms with Gasteiger partial charge in [0.15, 0.2) is 12.2 Å². The summed E-state index contributed by atoms with van der Waals surface area (Å²) in [6.07, 6.45) is 1.20. The quantitative estimate of drug-likeness (QED) is 0.475. The third-order valence-electron chi connectivity index (χ3n) is 2.18. The zero-order chi connectivity index (χ0) is 14.4. The largest absolute Gasteiger partial charge is 0.493 e. The zero-order valence-electron chi connectivity index (χ0n) is 10.7. The lowest BCUT2D eigenvalue weighted by molar-refractivity contribution is 0.0601. The van der Waals surface area contributed by atoms with Crippen molar-refractivity contribution in [2.45, 2.75) is 6.92 Å². The van der Waals surface area contributed by atoms with Crippen molar-refractivity contribution in [1.29, 1.82) is 0 Å². The fourth-order valence-corrected chi connectivity index (χ4v) is 1.75. The van der Waals surface area contributed by atoms with Crippen LogP contribution in [0.2, 0.25) is 10.0 Å². The predicted molar refractivity (Wildman–Crippen MR) is 74.1 cm³/mol. The molecule has 0 spiro atoms. The number of ether oxygens (including phenoxy) is 3. The first kappa shape index (κ1) is 15.6. The van der Waals surface area contributed by atoms with Crippen molar-refractivity contribution in [3.63, 3.8) is 0 Å². The van der Waals surface area contributed by atoms with E-state index in [1.54, 1.807) is 6.92 Å². The van der Waals surface area contributed by atoms with Gasteiger partial charge in [0.1, 0.15) is 10.7 Å². The number of carbonyl (C=O) groups excluding carboxylic acids is 1. The maximum atomic E-state index is 11.7. The van der Waals surface area contributed by atoms with Crippen molar-refractivity contribution in [2.24, 2.45) is 4.99 Å². The third kappa shape index (κ3) is 3.52. The second-order valence-corrected chi connectivity index (χ2v) is 4.07. The molecule has 104 valence electrons. The van der Waals surface area contributed by atoms with Crippen molar-refractivity contribution >= 4 is 41.3 Å². The first-order chi connectivity index (χ1) is 9.06. The van der Waals surface area contributed by atoms with E-state index in [1.165, 1.54) is 26.7 Å². The molecule has 0 aliphatic heterocycles. The van der Waals surface area contributed by atoms with E-state index in [1.807, 2.05) is 0 Å². The van der Waals surface area contributed by atoms with Gasteiger partial charge in [0.05, 0.1) is 31.4 Å². The summed E-state index contributed by atoms with van der Waals surface area (Å²) in [5.41, 5.74) is 0.349. The van der Waals surface area contributed by atoms with Crippen LogP contribution in [-0.2, 0) is 9.47 Å². The van der Waals surface area contributed by atoms with Crippen molar-refractivity contribution in [3.05, 3.63) is 21.7 Å². The van der Waals surface area contributed by atoms with Gasteiger partial charge >= 0.3 is 5.97 Å². The van der Waals surface area contributed by atoms with E-state index in [0.717, 1.165) is 0 Å². The molecule has 0 saturated heterocycles. The molecule has 1 aromatic carbocycles. The number of hydrogen-bond acceptors (Lipinski definition) is 5. The van der Waals surface area contributed by atoms with Crippen molar-refractivity contribution in [2.75, 3.05) is 20.8 Å². The Labute approximate surface area is 121 Å². The molecule has 0 amide bonds. The summed E-state index contributed by atoms with van der Waals surface area (Å²) in [4.78, 5) is 15.7. The van der Waals surface area contributed by atoms with Crippen LogP contribution >= 0.6 is 23.2 Å². The van der Waals surface area contributed by atoms with E-state index < -0.39 is 5.97 Å². The fourth-order valence-electron chi connectivity index (χ4n) is 1.34. The molecule has 0 radical (unpaired) electrons. The molecule has 0 fully saturated rings. The second kappa shape index (κ2) is 7.21. The van der Waals surface area contributed by atoms with Gasteiger partial charge in [0, 0.05) is 0 Å². The van der Waals surface area contributed by atoms with Gasteiger partial charge in [-0.15, -0.1) is 0 Å². The Morgan fingerprint density at radius 3 is 2.63 bits per heavy atom. The molecule has 0 aliphatic carbocycles. The van der Waals surface area contributed by atoms with Crippen LogP contribution in [0, 0.1) is 0 Å². The van der Waals surface area contributed by atoms with Crippen molar-refractivity contribution in [3.8, 4) is 5.75 Å². The van der Waals surface area contributed by atoms with Gasteiger partial charge in [-0.3, -0.25) is 0 Å². The molecule has 0 bridgehead atoms. The van der Waals surface area contributed by atoms with Gasteiger partial charge in [0.2, 0.25) is 0 Å². The normalized spacial score (nSPS) is 10.6. The Hall–Kier alpha value is -1.46. The maximum Gasteiger partial charge on any atom is 0.340 e. The number of benzene rings is 1. The molecule has 0 heterocycles. The minimum absolute atomic E-state index is 0.143. The predicted octanol–water partition coefficient (Wildman–Crippen LogP) is 3.48. The van der Waals surface area contributed by atoms with Crippen LogP contribution in [0.5, 0.6) is 5.75 Å². The smallest absolute Gasteiger partial charge is 0.340 e. The van der Waals surface area contributed by atoms with E-state index in [4.69, 9.17) is 32.7 Å². The van der Waals surface area contributed by atoms with Gasteiger partial charge < -0.3 is 14.2 Å². The molecule has 0 aliphatic rings. The summed E-state index contributed by atoms with van der Waals surface area (Å²) >= 11 is 11.9. The number of hydrogen-bond donors (Lipinski definition) is 0. The molecule has 7 heteroatoms. The monoisotopic (exact) mass is 305 g/mol. The molecule has 0 aromatic heterocycles. The van der Waals surface area contributed by atoms with Crippen LogP contribution in [0.15, 0.2) is 11.1 Å². The van der Waals surface area contributed by atoms with Crippen LogP contribution in [0.25, 0.3) is 0 Å². The summed E-state index contributed by atoms with van der Waals surface area (Å²) in [5.74, 6) is -0.411. The summed E-state index contributed by atoms with van der Waals surface area (Å²) < 4.78 is 14.8. The number of carbonyl (C=O) groups is 1. The van der Waals surface area contributed by atoms with E-state index in [9.17, 15) is 4.79 Å². The maximum absolute atomic E-state index is 11.7. The van der Waals surface area contributed by atoms with E-state index in [2.05, 4.69) is 9.73 Å². The van der Waals surface area contributed by atoms with Gasteiger partial charge in [-0.1, -0.05) is 23.2 Å². The minimum Gasteiger partial charge on any atom is -0.493 e. The van der Waals surface area contributed by atoms with E-state index in [0.29, 0.717) is 6.61 Å². The Kier molecular flexibility index (Phi) is 5.92. The molecule has 5 nitrogen and oxygen atoms in total. The van der Waals surface area contributed by atoms with Crippen LogP contribution < -0.4 is 4.74 Å². The van der Waals surface area contributed by atoms with Crippen molar-refractivity contribution in [1.82, 2.24) is 0 Å². The zero-order valence-corrected chi connectivity index (χ0v) is 12.2. The second-order valence-electron chi connectivity index (χ2n) is 3.28. The van der Waals surface area contributed by atoms with Gasteiger partial charge in [-0.05, 0) is 13.0 Å². The summed E-state index contributed by atoms with van der Waals surface area (Å²) in [6, 6.07) is 1.37. The van der Waals surface area contributed by atoms with Gasteiger partial charge in [-0.25, -0.2) is 9.79 Å². The number of halogens is 2. The highest BCUT2D eigenvalue weighted by atomic mass is 35.5. The van der Waals surface area contributed by atoms with Crippen LogP contribution in [0.3, 0.4) is 0 Å². The molecular formula is C12H13Cl2NO4. The average Bonchev–Trinajstić information content (AvgIpc) is 2.42. The highest BCUT2D eigenvalue weighted by molar-refractivity contribution is 6.43. The Morgan fingerprint density at radius 1 is 1.42 bits per heavy atom. The Bertz CT molecular complexity index is 503. The van der Waals surface area contributed by atoms with Crippen molar-refractivity contribution < 1.29 is 19.0 Å². The molecule has 1 aromatic rings. The molecule has 0 saturated carbocycles. The first-order valence-corrected chi connectivity index (χ1v) is 6.10. The van der Waals surface area contributed by atoms with Crippen LogP contribution in [-0.4, -0.2) is 33.2 Å². The lowest BCUT2D eigenvalue weighted by Gasteiger charge is -2.12. The number of aliphatic imine (C=N–C) groups is 1. The van der Waals surface area contributed by atoms with Crippen LogP contribution in [0.1, 0.15) is 17.3 Å². The third-order valence-corrected chi connectivity index (χ3v) is 2.95. The molecule has 0 N–H and O–H groups in total. The van der Waals surface area contributed by atoms with Gasteiger partial charge in [-0.2, -0.15) is 0 Å². The van der Waals surface area contributed by atoms with E-state index >= 15 is 0 Å². The minimum atomic E-state index is -0.597.